The van der Waals surface area contributed by atoms with Crippen molar-refractivity contribution >= 4 is 45.7 Å². The Kier molecular flexibility index (Phi) is 7.32. The number of benzene rings is 3. The highest BCUT2D eigenvalue weighted by atomic mass is 32.1. The largest absolute Gasteiger partial charge is 0.455 e. The number of ether oxygens (including phenoxy) is 1. The highest BCUT2D eigenvalue weighted by Crippen LogP contribution is 2.31. The lowest BCUT2D eigenvalue weighted by atomic mass is 10.2. The Morgan fingerprint density at radius 3 is 2.49 bits per heavy atom. The van der Waals surface area contributed by atoms with E-state index in [0.717, 1.165) is 5.56 Å². The number of nitrogens with zero attached hydrogens (tertiary/aromatic N) is 2. The number of rotatable bonds is 7. The third-order valence-electron chi connectivity index (χ3n) is 4.91. The van der Waals surface area contributed by atoms with Crippen LogP contribution in [0.5, 0.6) is 11.5 Å². The molecule has 2 amide bonds. The molecule has 0 unspecified atom stereocenters. The van der Waals surface area contributed by atoms with Crippen LogP contribution in [0.15, 0.2) is 84.3 Å². The van der Waals surface area contributed by atoms with Crippen molar-refractivity contribution in [1.82, 2.24) is 4.98 Å². The average molecular weight is 488 g/mol. The number of halogens is 1. The highest BCUT2D eigenvalue weighted by molar-refractivity contribution is 7.14. The van der Waals surface area contributed by atoms with E-state index in [1.807, 2.05) is 37.3 Å². The fourth-order valence-electron chi connectivity index (χ4n) is 3.22. The van der Waals surface area contributed by atoms with E-state index in [1.165, 1.54) is 47.4 Å². The third-order valence-corrected chi connectivity index (χ3v) is 5.75. The SMILES string of the molecule is CC(=O)N(c1nc(/C=C/C(=O)Nc2ccccc2Oc2ccc(C)cc2)cs1)c1ccccc1F. The molecule has 1 heterocycles. The minimum atomic E-state index is -0.527. The number of aromatic nitrogens is 1. The summed E-state index contributed by atoms with van der Waals surface area (Å²) in [6, 6.07) is 20.7. The predicted molar refractivity (Wildman–Crippen MR) is 137 cm³/mol. The maximum atomic E-state index is 14.2. The molecule has 6 nitrogen and oxygen atoms in total. The van der Waals surface area contributed by atoms with Gasteiger partial charge in [-0.25, -0.2) is 9.37 Å². The van der Waals surface area contributed by atoms with Gasteiger partial charge in [-0.15, -0.1) is 11.3 Å². The number of hydrogen-bond acceptors (Lipinski definition) is 5. The second kappa shape index (κ2) is 10.8. The van der Waals surface area contributed by atoms with Gasteiger partial charge in [0, 0.05) is 18.4 Å². The molecule has 0 atom stereocenters. The van der Waals surface area contributed by atoms with Crippen LogP contribution in [-0.2, 0) is 9.59 Å². The molecular weight excluding hydrogens is 465 g/mol. The summed E-state index contributed by atoms with van der Waals surface area (Å²) >= 11 is 1.17. The number of carbonyl (C=O) groups excluding carboxylic acids is 2. The van der Waals surface area contributed by atoms with E-state index < -0.39 is 5.82 Å². The van der Waals surface area contributed by atoms with Crippen molar-refractivity contribution in [2.75, 3.05) is 10.2 Å². The molecule has 0 saturated carbocycles. The van der Waals surface area contributed by atoms with Gasteiger partial charge in [0.15, 0.2) is 10.9 Å². The number of hydrogen-bond donors (Lipinski definition) is 1. The summed E-state index contributed by atoms with van der Waals surface area (Å²) in [6.45, 7) is 3.33. The van der Waals surface area contributed by atoms with E-state index in [9.17, 15) is 14.0 Å². The van der Waals surface area contributed by atoms with Crippen LogP contribution in [0.4, 0.5) is 20.9 Å². The molecule has 0 aliphatic heterocycles. The molecule has 0 bridgehead atoms. The maximum Gasteiger partial charge on any atom is 0.248 e. The van der Waals surface area contributed by atoms with Gasteiger partial charge in [-0.2, -0.15) is 0 Å². The number of carbonyl (C=O) groups is 2. The zero-order valence-electron chi connectivity index (χ0n) is 19.1. The van der Waals surface area contributed by atoms with Gasteiger partial charge in [0.05, 0.1) is 17.1 Å². The molecule has 4 aromatic rings. The van der Waals surface area contributed by atoms with Crippen LogP contribution in [0.1, 0.15) is 18.2 Å². The number of aryl methyl sites for hydroxylation is 1. The van der Waals surface area contributed by atoms with Gasteiger partial charge in [0.25, 0.3) is 0 Å². The monoisotopic (exact) mass is 487 g/mol. The molecule has 4 rings (SSSR count). The van der Waals surface area contributed by atoms with Gasteiger partial charge in [-0.1, -0.05) is 42.0 Å². The van der Waals surface area contributed by atoms with Crippen LogP contribution >= 0.6 is 11.3 Å². The first-order valence-electron chi connectivity index (χ1n) is 10.7. The molecule has 35 heavy (non-hydrogen) atoms. The molecule has 1 N–H and O–H groups in total. The van der Waals surface area contributed by atoms with Gasteiger partial charge < -0.3 is 10.1 Å². The molecule has 0 aliphatic carbocycles. The van der Waals surface area contributed by atoms with Crippen LogP contribution < -0.4 is 15.0 Å². The minimum absolute atomic E-state index is 0.118. The molecule has 0 spiro atoms. The lowest BCUT2D eigenvalue weighted by molar-refractivity contribution is -0.116. The molecule has 8 heteroatoms. The summed E-state index contributed by atoms with van der Waals surface area (Å²) in [7, 11) is 0. The molecule has 0 saturated heterocycles. The van der Waals surface area contributed by atoms with Gasteiger partial charge >= 0.3 is 0 Å². The number of amides is 2. The summed E-state index contributed by atoms with van der Waals surface area (Å²) < 4.78 is 20.2. The Bertz CT molecular complexity index is 1380. The number of nitrogens with one attached hydrogen (secondary N) is 1. The lowest BCUT2D eigenvalue weighted by Gasteiger charge is -2.18. The van der Waals surface area contributed by atoms with E-state index in [4.69, 9.17) is 4.74 Å². The van der Waals surface area contributed by atoms with Crippen molar-refractivity contribution in [3.8, 4) is 11.5 Å². The Morgan fingerprint density at radius 2 is 1.74 bits per heavy atom. The van der Waals surface area contributed by atoms with Gasteiger partial charge in [-0.05, 0) is 49.4 Å². The number of para-hydroxylation sites is 3. The van der Waals surface area contributed by atoms with Crippen LogP contribution in [0.3, 0.4) is 0 Å². The second-order valence-corrected chi connectivity index (χ2v) is 8.43. The molecule has 0 radical (unpaired) electrons. The second-order valence-electron chi connectivity index (χ2n) is 7.59. The zero-order chi connectivity index (χ0) is 24.8. The fraction of sp³-hybridized carbons (Fsp3) is 0.0741. The highest BCUT2D eigenvalue weighted by Gasteiger charge is 2.20. The summed E-state index contributed by atoms with van der Waals surface area (Å²) in [4.78, 5) is 30.3. The van der Waals surface area contributed by atoms with Crippen LogP contribution in [0, 0.1) is 12.7 Å². The van der Waals surface area contributed by atoms with Crippen LogP contribution in [-0.4, -0.2) is 16.8 Å². The molecule has 3 aromatic carbocycles. The van der Waals surface area contributed by atoms with Crippen molar-refractivity contribution in [3.05, 3.63) is 101 Å². The first-order chi connectivity index (χ1) is 16.9. The lowest BCUT2D eigenvalue weighted by Crippen LogP contribution is -2.23. The maximum absolute atomic E-state index is 14.2. The smallest absolute Gasteiger partial charge is 0.248 e. The zero-order valence-corrected chi connectivity index (χ0v) is 19.9. The summed E-state index contributed by atoms with van der Waals surface area (Å²) in [5.41, 5.74) is 2.22. The summed E-state index contributed by atoms with van der Waals surface area (Å²) in [6.07, 6.45) is 2.86. The average Bonchev–Trinajstić information content (AvgIpc) is 3.30. The van der Waals surface area contributed by atoms with Crippen molar-refractivity contribution in [3.63, 3.8) is 0 Å². The normalized spacial score (nSPS) is 10.8. The Hall–Kier alpha value is -4.30. The number of thiazole rings is 1. The van der Waals surface area contributed by atoms with Crippen molar-refractivity contribution < 1.29 is 18.7 Å². The fourth-order valence-corrected chi connectivity index (χ4v) is 4.07. The number of anilines is 3. The molecule has 176 valence electrons. The van der Waals surface area contributed by atoms with E-state index in [0.29, 0.717) is 28.0 Å². The Morgan fingerprint density at radius 1 is 1.03 bits per heavy atom. The summed E-state index contributed by atoms with van der Waals surface area (Å²) in [5, 5.41) is 4.79. The molecular formula is C27H22FN3O3S. The van der Waals surface area contributed by atoms with Crippen LogP contribution in [0.2, 0.25) is 0 Å². The summed E-state index contributed by atoms with van der Waals surface area (Å²) in [5.74, 6) is -0.107. The van der Waals surface area contributed by atoms with E-state index >= 15 is 0 Å². The first-order valence-corrected chi connectivity index (χ1v) is 11.6. The van der Waals surface area contributed by atoms with Crippen molar-refractivity contribution in [2.45, 2.75) is 13.8 Å². The third kappa shape index (κ3) is 5.99. The Balaban J connectivity index is 1.46. The van der Waals surface area contributed by atoms with Crippen LogP contribution in [0.25, 0.3) is 6.08 Å². The van der Waals surface area contributed by atoms with Gasteiger partial charge in [-0.3, -0.25) is 14.5 Å². The quantitative estimate of drug-likeness (QED) is 0.294. The molecule has 0 aliphatic rings. The first kappa shape index (κ1) is 23.8. The van der Waals surface area contributed by atoms with Crippen molar-refractivity contribution in [1.29, 1.82) is 0 Å². The van der Waals surface area contributed by atoms with E-state index in [-0.39, 0.29) is 17.5 Å². The topological polar surface area (TPSA) is 71.5 Å². The standard InChI is InChI=1S/C27H22FN3O3S/c1-18-11-14-21(15-12-18)34-25-10-6-4-8-23(25)30-26(33)16-13-20-17-35-27(29-20)31(19(2)32)24-9-5-3-7-22(24)28/h3-17H,1-2H3,(H,30,33)/b16-13+. The minimum Gasteiger partial charge on any atom is -0.455 e. The van der Waals surface area contributed by atoms with E-state index in [1.54, 1.807) is 35.7 Å². The Labute approximate surface area is 206 Å². The van der Waals surface area contributed by atoms with Gasteiger partial charge in [0.2, 0.25) is 11.8 Å². The van der Waals surface area contributed by atoms with Crippen molar-refractivity contribution in [2.24, 2.45) is 0 Å². The van der Waals surface area contributed by atoms with Gasteiger partial charge in [0.1, 0.15) is 11.6 Å². The van der Waals surface area contributed by atoms with E-state index in [2.05, 4.69) is 10.3 Å². The molecule has 1 aromatic heterocycles. The molecule has 0 fully saturated rings. The predicted octanol–water partition coefficient (Wildman–Crippen LogP) is 6.72.